The van der Waals surface area contributed by atoms with Crippen LogP contribution in [0.2, 0.25) is 0 Å². The summed E-state index contributed by atoms with van der Waals surface area (Å²) in [6.07, 6.45) is 0.948. The minimum absolute atomic E-state index is 0.0224. The molecule has 7 aromatic rings. The molecule has 0 radical (unpaired) electrons. The third kappa shape index (κ3) is 15.9. The Kier molecular flexibility index (Phi) is 19.7. The van der Waals surface area contributed by atoms with E-state index >= 15 is 0 Å². The molecule has 344 valence electrons. The maximum Gasteiger partial charge on any atom is 0.320 e. The molecule has 0 saturated heterocycles. The fourth-order valence-corrected chi connectivity index (χ4v) is 6.79. The first-order valence-corrected chi connectivity index (χ1v) is 22.3. The van der Waals surface area contributed by atoms with Crippen molar-refractivity contribution >= 4 is 39.3 Å². The topological polar surface area (TPSA) is 155 Å². The summed E-state index contributed by atoms with van der Waals surface area (Å²) in [5.41, 5.74) is 8.01. The number of hydrogen-bond donors (Lipinski definition) is 5. The second-order valence-corrected chi connectivity index (χ2v) is 16.3. The maximum atomic E-state index is 12.5. The molecule has 0 aliphatic rings. The quantitative estimate of drug-likeness (QED) is 0.0530. The Labute approximate surface area is 388 Å². The van der Waals surface area contributed by atoms with Crippen LogP contribution < -0.4 is 31.2 Å². The van der Waals surface area contributed by atoms with Gasteiger partial charge in [-0.15, -0.1) is 0 Å². The summed E-state index contributed by atoms with van der Waals surface area (Å²) in [5.74, 6) is 1.87. The molecular formula is C55H63N5O6. The predicted octanol–water partition coefficient (Wildman–Crippen LogP) is 9.86. The molecule has 7 rings (SSSR count). The lowest BCUT2D eigenvalue weighted by Crippen LogP contribution is -2.34. The normalized spacial score (nSPS) is 12.1. The van der Waals surface area contributed by atoms with E-state index in [9.17, 15) is 14.4 Å². The van der Waals surface area contributed by atoms with Gasteiger partial charge in [0.2, 0.25) is 11.8 Å². The average Bonchev–Trinajstić information content (AvgIpc) is 3.33. The molecule has 0 aromatic heterocycles. The van der Waals surface area contributed by atoms with Crippen molar-refractivity contribution in [3.8, 4) is 23.0 Å². The van der Waals surface area contributed by atoms with Crippen LogP contribution in [0.3, 0.4) is 0 Å². The molecule has 0 fully saturated rings. The van der Waals surface area contributed by atoms with E-state index in [4.69, 9.17) is 20.3 Å². The molecule has 3 unspecified atom stereocenters. The van der Waals surface area contributed by atoms with Gasteiger partial charge in [0.1, 0.15) is 29.0 Å². The van der Waals surface area contributed by atoms with Crippen molar-refractivity contribution in [2.75, 3.05) is 40.3 Å². The lowest BCUT2D eigenvalue weighted by atomic mass is 10.0. The SMILES string of the molecule is CC(C(=O)NCCCN(C)C)c1ccc(Oc2cccc3ccccc23)cc1.CC(C(=O)NCCNCc1ccccc1)c1ccc(Oc2cccc3ccccc23)cc1.CC(N)C(=O)O. The van der Waals surface area contributed by atoms with Crippen LogP contribution in [0.4, 0.5) is 0 Å². The van der Waals surface area contributed by atoms with E-state index in [-0.39, 0.29) is 23.7 Å². The second kappa shape index (κ2) is 26.0. The summed E-state index contributed by atoms with van der Waals surface area (Å²) in [4.78, 5) is 36.6. The van der Waals surface area contributed by atoms with Crippen LogP contribution >= 0.6 is 0 Å². The van der Waals surface area contributed by atoms with Gasteiger partial charge in [-0.25, -0.2) is 0 Å². The number of amides is 2. The van der Waals surface area contributed by atoms with E-state index in [1.54, 1.807) is 0 Å². The second-order valence-electron chi connectivity index (χ2n) is 16.3. The highest BCUT2D eigenvalue weighted by Gasteiger charge is 2.16. The van der Waals surface area contributed by atoms with Crippen molar-refractivity contribution in [1.82, 2.24) is 20.9 Å². The third-order valence-corrected chi connectivity index (χ3v) is 10.7. The molecule has 3 atom stereocenters. The van der Waals surface area contributed by atoms with Crippen molar-refractivity contribution < 1.29 is 29.0 Å². The van der Waals surface area contributed by atoms with Gasteiger partial charge in [-0.05, 0) is 112 Å². The first-order valence-electron chi connectivity index (χ1n) is 22.3. The summed E-state index contributed by atoms with van der Waals surface area (Å²) < 4.78 is 12.2. The number of aliphatic carboxylic acids is 1. The number of rotatable bonds is 18. The number of nitrogens with two attached hydrogens (primary N) is 1. The lowest BCUT2D eigenvalue weighted by Gasteiger charge is -2.15. The molecule has 6 N–H and O–H groups in total. The Morgan fingerprint density at radius 2 is 0.985 bits per heavy atom. The Bertz CT molecular complexity index is 2570. The van der Waals surface area contributed by atoms with Gasteiger partial charge in [0.05, 0.1) is 11.8 Å². The summed E-state index contributed by atoms with van der Waals surface area (Å²) >= 11 is 0. The van der Waals surface area contributed by atoms with Gasteiger partial charge in [-0.2, -0.15) is 0 Å². The molecule has 0 saturated carbocycles. The van der Waals surface area contributed by atoms with Crippen molar-refractivity contribution in [1.29, 1.82) is 0 Å². The van der Waals surface area contributed by atoms with Gasteiger partial charge in [0.15, 0.2) is 0 Å². The first kappa shape index (κ1) is 50.0. The lowest BCUT2D eigenvalue weighted by molar-refractivity contribution is -0.138. The number of carboxylic acids is 1. The highest BCUT2D eigenvalue weighted by atomic mass is 16.5. The molecular weight excluding hydrogens is 827 g/mol. The predicted molar refractivity (Wildman–Crippen MR) is 266 cm³/mol. The van der Waals surface area contributed by atoms with Crippen LogP contribution in [0.1, 0.15) is 55.7 Å². The van der Waals surface area contributed by atoms with Crippen LogP contribution in [-0.4, -0.2) is 74.1 Å². The Balaban J connectivity index is 0.000000222. The van der Waals surface area contributed by atoms with Crippen molar-refractivity contribution in [2.24, 2.45) is 5.73 Å². The van der Waals surface area contributed by atoms with E-state index in [0.29, 0.717) is 13.1 Å². The highest BCUT2D eigenvalue weighted by molar-refractivity contribution is 5.89. The smallest absolute Gasteiger partial charge is 0.320 e. The van der Waals surface area contributed by atoms with Gasteiger partial charge in [-0.3, -0.25) is 14.4 Å². The van der Waals surface area contributed by atoms with Crippen LogP contribution in [-0.2, 0) is 20.9 Å². The van der Waals surface area contributed by atoms with E-state index < -0.39 is 12.0 Å². The number of ether oxygens (including phenoxy) is 2. The van der Waals surface area contributed by atoms with Crippen molar-refractivity contribution in [3.63, 3.8) is 0 Å². The average molecular weight is 890 g/mol. The highest BCUT2D eigenvalue weighted by Crippen LogP contribution is 2.32. The molecule has 0 heterocycles. The van der Waals surface area contributed by atoms with E-state index in [1.165, 1.54) is 12.5 Å². The van der Waals surface area contributed by atoms with Crippen LogP contribution in [0.25, 0.3) is 21.5 Å². The Morgan fingerprint density at radius 1 is 0.561 bits per heavy atom. The number of carbonyl (C=O) groups is 3. The molecule has 11 nitrogen and oxygen atoms in total. The van der Waals surface area contributed by atoms with Gasteiger partial charge < -0.3 is 41.2 Å². The number of benzene rings is 7. The zero-order valence-corrected chi connectivity index (χ0v) is 38.6. The van der Waals surface area contributed by atoms with E-state index in [2.05, 4.69) is 69.4 Å². The largest absolute Gasteiger partial charge is 0.480 e. The van der Waals surface area contributed by atoms with Gasteiger partial charge >= 0.3 is 5.97 Å². The number of nitrogens with one attached hydrogen (secondary N) is 3. The number of hydrogen-bond acceptors (Lipinski definition) is 8. The number of fused-ring (bicyclic) bond motifs is 2. The van der Waals surface area contributed by atoms with Crippen molar-refractivity contribution in [2.45, 2.75) is 51.6 Å². The van der Waals surface area contributed by atoms with Gasteiger partial charge in [0.25, 0.3) is 0 Å². The molecule has 0 spiro atoms. The minimum Gasteiger partial charge on any atom is -0.480 e. The monoisotopic (exact) mass is 889 g/mol. The van der Waals surface area contributed by atoms with Crippen LogP contribution in [0.15, 0.2) is 164 Å². The molecule has 2 amide bonds. The molecule has 66 heavy (non-hydrogen) atoms. The van der Waals surface area contributed by atoms with Gasteiger partial charge in [0, 0.05) is 37.0 Å². The molecule has 0 aliphatic heterocycles. The molecule has 0 aliphatic carbocycles. The molecule has 11 heteroatoms. The van der Waals surface area contributed by atoms with E-state index in [1.807, 2.05) is 143 Å². The number of carboxylic acid groups (broad SMARTS) is 1. The fourth-order valence-electron chi connectivity index (χ4n) is 6.79. The van der Waals surface area contributed by atoms with Crippen LogP contribution in [0.5, 0.6) is 23.0 Å². The summed E-state index contributed by atoms with van der Waals surface area (Å²) in [6.45, 7) is 9.06. The number of nitrogens with zero attached hydrogens (tertiary/aromatic N) is 1. The zero-order chi connectivity index (χ0) is 47.3. The fraction of sp³-hybridized carbons (Fsp3) is 0.255. The Morgan fingerprint density at radius 3 is 1.44 bits per heavy atom. The van der Waals surface area contributed by atoms with Crippen molar-refractivity contribution in [3.05, 3.63) is 180 Å². The summed E-state index contributed by atoms with van der Waals surface area (Å²) in [7, 11) is 4.07. The minimum atomic E-state index is -0.963. The molecule has 0 bridgehead atoms. The van der Waals surface area contributed by atoms with E-state index in [0.717, 1.165) is 81.7 Å². The summed E-state index contributed by atoms with van der Waals surface area (Å²) in [6, 6.07) is 53.4. The zero-order valence-electron chi connectivity index (χ0n) is 38.6. The maximum absolute atomic E-state index is 12.5. The number of carbonyl (C=O) groups excluding carboxylic acids is 2. The third-order valence-electron chi connectivity index (χ3n) is 10.7. The Hall–Kier alpha value is -7.05. The molecule has 7 aromatic carbocycles. The standard InChI is InChI=1S/C28H28N2O2.C24H28N2O2.C3H7NO2/c1-21(28(31)30-19-18-29-20-22-8-3-2-4-9-22)23-14-16-25(17-15-23)32-27-13-7-11-24-10-5-6-12-26(24)27;1-18(24(27)25-16-7-17-26(2)3)19-12-14-21(15-13-19)28-23-11-6-9-20-8-4-5-10-22(20)23;1-2(4)3(5)6/h2-17,21,29H,18-20H2,1H3,(H,30,31);4-6,8-15,18H,7,16-17H2,1-3H3,(H,25,27);2H,4H2,1H3,(H,5,6). The first-order chi connectivity index (χ1) is 31.9. The van der Waals surface area contributed by atoms with Crippen LogP contribution in [0, 0.1) is 0 Å². The summed E-state index contributed by atoms with van der Waals surface area (Å²) in [5, 5.41) is 21.7. The van der Waals surface area contributed by atoms with Gasteiger partial charge in [-0.1, -0.05) is 127 Å².